The molecule has 1 aromatic carbocycles. The van der Waals surface area contributed by atoms with Crippen molar-refractivity contribution >= 4 is 41.4 Å². The van der Waals surface area contributed by atoms with Crippen LogP contribution in [0.5, 0.6) is 0 Å². The lowest BCUT2D eigenvalue weighted by Crippen LogP contribution is -2.52. The Labute approximate surface area is 169 Å². The summed E-state index contributed by atoms with van der Waals surface area (Å²) in [5.41, 5.74) is 0.636. The summed E-state index contributed by atoms with van der Waals surface area (Å²) in [5, 5.41) is 22.6. The molecule has 9 nitrogen and oxygen atoms in total. The number of aliphatic hydroxyl groups is 2. The summed E-state index contributed by atoms with van der Waals surface area (Å²) >= 11 is 11.8. The number of aliphatic hydroxyl groups excluding tert-OH is 2. The van der Waals surface area contributed by atoms with Crippen molar-refractivity contribution in [3.05, 3.63) is 46.6 Å². The van der Waals surface area contributed by atoms with Crippen LogP contribution in [-0.4, -0.2) is 66.5 Å². The molecule has 0 aliphatic carbocycles. The van der Waals surface area contributed by atoms with Crippen molar-refractivity contribution in [2.24, 2.45) is 0 Å². The van der Waals surface area contributed by atoms with Gasteiger partial charge in [-0.2, -0.15) is 14.4 Å². The van der Waals surface area contributed by atoms with Gasteiger partial charge < -0.3 is 14.7 Å². The molecule has 1 aliphatic rings. The molecule has 11 heteroatoms. The van der Waals surface area contributed by atoms with Gasteiger partial charge in [0.25, 0.3) is 5.89 Å². The first-order valence-electron chi connectivity index (χ1n) is 8.36. The molecule has 1 aliphatic heterocycles. The molecule has 2 heterocycles. The van der Waals surface area contributed by atoms with Gasteiger partial charge in [-0.15, -0.1) is 16.5 Å². The standard InChI is InChI=1S/C17H17Cl2N4O5/c18-11-3-1-10(2-4-11)13(25)7-14-20-15(28-21-14)9-23-16(26)12(19)8-22(5-6-24)17(23)27/h1-4,8,12-13,24-25H,5-7,9H2/q+1/t12?,13-/m0/s1. The minimum absolute atomic E-state index is 0.00814. The molecule has 2 atom stereocenters. The molecule has 0 fully saturated rings. The van der Waals surface area contributed by atoms with Gasteiger partial charge in [0, 0.05) is 11.4 Å². The van der Waals surface area contributed by atoms with Crippen molar-refractivity contribution in [3.8, 4) is 0 Å². The highest BCUT2D eigenvalue weighted by atomic mass is 35.5. The quantitative estimate of drug-likeness (QED) is 0.502. The molecule has 1 aromatic heterocycles. The second kappa shape index (κ2) is 8.78. The minimum Gasteiger partial charge on any atom is -0.392 e. The summed E-state index contributed by atoms with van der Waals surface area (Å²) in [4.78, 5) is 29.6. The lowest BCUT2D eigenvalue weighted by Gasteiger charge is -2.19. The van der Waals surface area contributed by atoms with Gasteiger partial charge in [0.05, 0.1) is 12.7 Å². The summed E-state index contributed by atoms with van der Waals surface area (Å²) in [5.74, 6) is -0.382. The van der Waals surface area contributed by atoms with Crippen molar-refractivity contribution in [1.29, 1.82) is 0 Å². The lowest BCUT2D eigenvalue weighted by atomic mass is 10.1. The van der Waals surface area contributed by atoms with Crippen LogP contribution in [-0.2, 0) is 17.8 Å². The number of β-amino-alcohol motifs (C(OH)–C–C–N with tert-alkyl or cyclic N) is 1. The highest BCUT2D eigenvalue weighted by Gasteiger charge is 2.43. The number of halogens is 2. The second-order valence-corrected chi connectivity index (χ2v) is 6.96. The van der Waals surface area contributed by atoms with Gasteiger partial charge in [-0.1, -0.05) is 28.9 Å². The molecule has 0 radical (unpaired) electrons. The number of nitrogens with zero attached hydrogens (tertiary/aromatic N) is 4. The van der Waals surface area contributed by atoms with E-state index in [0.29, 0.717) is 10.6 Å². The van der Waals surface area contributed by atoms with E-state index in [4.69, 9.17) is 32.8 Å². The summed E-state index contributed by atoms with van der Waals surface area (Å²) in [6.07, 6.45) is 0.457. The fourth-order valence-corrected chi connectivity index (χ4v) is 3.04. The first-order valence-corrected chi connectivity index (χ1v) is 9.17. The third-order valence-corrected chi connectivity index (χ3v) is 4.62. The number of aromatic nitrogens is 2. The minimum atomic E-state index is -1.04. The van der Waals surface area contributed by atoms with Crippen LogP contribution in [0, 0.1) is 0 Å². The van der Waals surface area contributed by atoms with Crippen LogP contribution in [0.15, 0.2) is 28.8 Å². The van der Waals surface area contributed by atoms with Gasteiger partial charge in [0.15, 0.2) is 17.7 Å². The third-order valence-electron chi connectivity index (χ3n) is 4.06. The monoisotopic (exact) mass is 427 g/mol. The Bertz CT molecular complexity index is 899. The smallest absolute Gasteiger partial charge is 0.392 e. The van der Waals surface area contributed by atoms with Crippen molar-refractivity contribution in [1.82, 2.24) is 15.0 Å². The zero-order valence-electron chi connectivity index (χ0n) is 14.5. The van der Waals surface area contributed by atoms with E-state index in [1.165, 1.54) is 6.21 Å². The SMILES string of the molecule is O=C1C(Cl)C=[N+](CCO)C(=O)N1Cc1nc(C[C@H](O)c2ccc(Cl)cc2)no1. The molecule has 0 bridgehead atoms. The van der Waals surface area contributed by atoms with Crippen LogP contribution in [0.3, 0.4) is 0 Å². The van der Waals surface area contributed by atoms with E-state index in [1.54, 1.807) is 24.3 Å². The molecule has 0 spiro atoms. The molecule has 28 heavy (non-hydrogen) atoms. The van der Waals surface area contributed by atoms with E-state index in [-0.39, 0.29) is 37.8 Å². The van der Waals surface area contributed by atoms with Gasteiger partial charge >= 0.3 is 11.9 Å². The number of amides is 3. The van der Waals surface area contributed by atoms with Gasteiger partial charge in [0.2, 0.25) is 0 Å². The zero-order valence-corrected chi connectivity index (χ0v) is 16.0. The maximum absolute atomic E-state index is 12.4. The molecular formula is C17H17Cl2N4O5+. The van der Waals surface area contributed by atoms with Crippen LogP contribution in [0.25, 0.3) is 0 Å². The Morgan fingerprint density at radius 2 is 2.00 bits per heavy atom. The molecule has 148 valence electrons. The number of rotatable bonds is 7. The Balaban J connectivity index is 1.68. The largest absolute Gasteiger partial charge is 0.501 e. The first kappa shape index (κ1) is 20.4. The fourth-order valence-electron chi connectivity index (χ4n) is 2.66. The van der Waals surface area contributed by atoms with E-state index in [9.17, 15) is 14.7 Å². The average Bonchev–Trinajstić information content (AvgIpc) is 3.11. The highest BCUT2D eigenvalue weighted by Crippen LogP contribution is 2.20. The zero-order chi connectivity index (χ0) is 20.3. The Kier molecular flexibility index (Phi) is 6.40. The number of carbonyl (C=O) groups excluding carboxylic acids is 2. The molecule has 3 rings (SSSR count). The van der Waals surface area contributed by atoms with E-state index in [1.807, 2.05) is 0 Å². The van der Waals surface area contributed by atoms with E-state index >= 15 is 0 Å². The predicted molar refractivity (Wildman–Crippen MR) is 98.3 cm³/mol. The summed E-state index contributed by atoms with van der Waals surface area (Å²) in [6.45, 7) is -0.532. The number of imide groups is 1. The number of alkyl halides is 1. The maximum atomic E-state index is 12.4. The highest BCUT2D eigenvalue weighted by molar-refractivity contribution is 6.40. The van der Waals surface area contributed by atoms with Crippen molar-refractivity contribution in [3.63, 3.8) is 0 Å². The number of benzene rings is 1. The molecule has 1 unspecified atom stereocenters. The van der Waals surface area contributed by atoms with E-state index in [0.717, 1.165) is 9.48 Å². The number of hydrogen-bond acceptors (Lipinski definition) is 7. The average molecular weight is 428 g/mol. The summed E-state index contributed by atoms with van der Waals surface area (Å²) in [7, 11) is 0. The van der Waals surface area contributed by atoms with E-state index in [2.05, 4.69) is 10.1 Å². The molecule has 0 saturated carbocycles. The fraction of sp³-hybridized carbons (Fsp3) is 0.353. The Morgan fingerprint density at radius 3 is 2.68 bits per heavy atom. The third kappa shape index (κ3) is 4.56. The Hall–Kier alpha value is -2.33. The summed E-state index contributed by atoms with van der Waals surface area (Å²) < 4.78 is 6.24. The van der Waals surface area contributed by atoms with Gasteiger partial charge in [-0.05, 0) is 17.7 Å². The van der Waals surface area contributed by atoms with Crippen LogP contribution in [0.2, 0.25) is 5.02 Å². The van der Waals surface area contributed by atoms with Crippen LogP contribution in [0.1, 0.15) is 23.4 Å². The normalized spacial score (nSPS) is 18.4. The number of urea groups is 1. The predicted octanol–water partition coefficient (Wildman–Crippen LogP) is 1.14. The molecule has 3 amide bonds. The topological polar surface area (TPSA) is 120 Å². The van der Waals surface area contributed by atoms with Crippen LogP contribution >= 0.6 is 23.2 Å². The number of hydrogen-bond donors (Lipinski definition) is 2. The van der Waals surface area contributed by atoms with Gasteiger partial charge in [-0.3, -0.25) is 0 Å². The van der Waals surface area contributed by atoms with Crippen molar-refractivity contribution < 1.29 is 28.9 Å². The van der Waals surface area contributed by atoms with Crippen LogP contribution in [0.4, 0.5) is 4.79 Å². The van der Waals surface area contributed by atoms with Crippen molar-refractivity contribution in [2.45, 2.75) is 24.4 Å². The van der Waals surface area contributed by atoms with Gasteiger partial charge in [0.1, 0.15) is 12.8 Å². The number of carbonyl (C=O) groups is 2. The van der Waals surface area contributed by atoms with Crippen LogP contribution < -0.4 is 0 Å². The summed E-state index contributed by atoms with van der Waals surface area (Å²) in [6, 6.07) is 6.05. The molecule has 2 aromatic rings. The Morgan fingerprint density at radius 1 is 1.29 bits per heavy atom. The van der Waals surface area contributed by atoms with Crippen molar-refractivity contribution in [2.75, 3.05) is 13.2 Å². The second-order valence-electron chi connectivity index (χ2n) is 6.05. The lowest BCUT2D eigenvalue weighted by molar-refractivity contribution is -0.437. The first-order chi connectivity index (χ1) is 13.4. The van der Waals surface area contributed by atoms with Gasteiger partial charge in [-0.25, -0.2) is 4.79 Å². The molecule has 0 saturated heterocycles. The van der Waals surface area contributed by atoms with E-state index < -0.39 is 23.4 Å². The molecular weight excluding hydrogens is 411 g/mol. The maximum Gasteiger partial charge on any atom is 0.501 e. The molecule has 2 N–H and O–H groups in total.